The van der Waals surface area contributed by atoms with E-state index in [1.165, 1.54) is 70.0 Å². The molecule has 0 unspecified atom stereocenters. The van der Waals surface area contributed by atoms with E-state index < -0.39 is 0 Å². The first-order valence-electron chi connectivity index (χ1n) is 39.6. The Kier molecular flexibility index (Phi) is 48.3. The Morgan fingerprint density at radius 3 is 0.708 bits per heavy atom. The highest BCUT2D eigenvalue weighted by Gasteiger charge is 2.12. The second-order valence-corrected chi connectivity index (χ2v) is 35.4. The molecule has 0 atom stereocenters. The Hall–Kier alpha value is -6.70. The van der Waals surface area contributed by atoms with Crippen molar-refractivity contribution in [2.45, 2.75) is 363 Å². The molecule has 0 fully saturated rings. The summed E-state index contributed by atoms with van der Waals surface area (Å²) in [5.74, 6) is 11.4. The zero-order valence-corrected chi connectivity index (χ0v) is 74.4. The van der Waals surface area contributed by atoms with E-state index in [1.54, 1.807) is 0 Å². The van der Waals surface area contributed by atoms with Crippen LogP contribution in [0.3, 0.4) is 0 Å². The second-order valence-electron chi connectivity index (χ2n) is 33.2. The quantitative estimate of drug-likeness (QED) is 0.0817. The zero-order chi connectivity index (χ0) is 80.1. The van der Waals surface area contributed by atoms with Crippen molar-refractivity contribution in [3.8, 4) is 0 Å². The van der Waals surface area contributed by atoms with Gasteiger partial charge in [0.05, 0.1) is 22.6 Å². The van der Waals surface area contributed by atoms with Gasteiger partial charge in [-0.15, -0.1) is 22.7 Å². The number of hydrogen-bond acceptors (Lipinski definition) is 12. The summed E-state index contributed by atoms with van der Waals surface area (Å²) in [5.41, 5.74) is 13.7. The van der Waals surface area contributed by atoms with Crippen LogP contribution in [0.15, 0.2) is 129 Å². The summed E-state index contributed by atoms with van der Waals surface area (Å²) in [6, 6.07) is 26.7. The number of hydrogen-bond donors (Lipinski definition) is 0. The van der Waals surface area contributed by atoms with Crippen LogP contribution in [0, 0.1) is 0 Å². The molecular weight excluding hydrogens is 1340 g/mol. The van der Waals surface area contributed by atoms with Crippen molar-refractivity contribution in [3.63, 3.8) is 0 Å². The number of benzene rings is 1. The summed E-state index contributed by atoms with van der Waals surface area (Å²) < 4.78 is 2.00. The smallest absolute Gasteiger partial charge is 0.130 e. The van der Waals surface area contributed by atoms with Crippen LogP contribution in [0.1, 0.15) is 456 Å². The van der Waals surface area contributed by atoms with Gasteiger partial charge in [-0.25, -0.2) is 24.9 Å². The largest absolute Gasteiger partial charge is 0.270 e. The summed E-state index contributed by atoms with van der Waals surface area (Å²) in [4.78, 5) is 34.7. The van der Waals surface area contributed by atoms with Crippen LogP contribution < -0.4 is 0 Å². The number of thiazole rings is 1. The lowest BCUT2D eigenvalue weighted by Crippen LogP contribution is -1.99. The first-order chi connectivity index (χ1) is 49.0. The molecule has 0 saturated heterocycles. The highest BCUT2D eigenvalue weighted by molar-refractivity contribution is 7.12. The molecule has 0 aliphatic rings. The monoisotopic (exact) mass is 1490 g/mol. The summed E-state index contributed by atoms with van der Waals surface area (Å²) in [5, 5.41) is 13.8. The van der Waals surface area contributed by atoms with Crippen molar-refractivity contribution >= 4 is 22.7 Å². The minimum atomic E-state index is 0. The predicted molar refractivity (Wildman–Crippen MR) is 466 cm³/mol. The number of nitrogens with zero attached hydrogens (tertiary/aromatic N) is 11. The van der Waals surface area contributed by atoms with Crippen LogP contribution >= 0.6 is 22.7 Å². The van der Waals surface area contributed by atoms with Crippen molar-refractivity contribution in [2.24, 2.45) is 0 Å². The number of rotatable bonds is 18. The molecule has 0 aliphatic heterocycles. The average Bonchev–Trinajstić information content (AvgIpc) is 1.82. The fraction of sp³-hybridized carbons (Fsp3) is 0.591. The lowest BCUT2D eigenvalue weighted by atomic mass is 9.97. The summed E-state index contributed by atoms with van der Waals surface area (Å²) >= 11 is 3.79. The van der Waals surface area contributed by atoms with Crippen LogP contribution in [-0.2, 0) is 0 Å². The molecule has 0 spiro atoms. The minimum absolute atomic E-state index is 0. The van der Waals surface area contributed by atoms with Gasteiger partial charge in [-0.1, -0.05) is 279 Å². The molecule has 9 aromatic rings. The lowest BCUT2D eigenvalue weighted by Gasteiger charge is -2.08. The van der Waals surface area contributed by atoms with Gasteiger partial charge in [-0.3, -0.25) is 14.6 Å². The van der Waals surface area contributed by atoms with Gasteiger partial charge < -0.3 is 0 Å². The zero-order valence-electron chi connectivity index (χ0n) is 72.8. The SMILES string of the molecule is C.CC(C)c1ccc(C(C)C)cc1.CC(C)c1ccc(C(C)C)nc1.CC(C)c1ccc(C(C)C)nc1.CC(C)c1ccc(C(C)C)nn1.CC(C)c1ccc(C(C)C)s1.CC(C)c1cnc(C(C)C)nc1.CC(C)c1cnc(C(C)C)nc1.CC(C)c1cnc(C(C)C)s1.CC(C)c1cnn(C(C)C)c1. The van der Waals surface area contributed by atoms with Crippen molar-refractivity contribution in [1.29, 1.82) is 0 Å². The van der Waals surface area contributed by atoms with Crippen LogP contribution in [0.25, 0.3) is 0 Å². The molecule has 13 heteroatoms. The predicted octanol–water partition coefficient (Wildman–Crippen LogP) is 29.4. The summed E-state index contributed by atoms with van der Waals surface area (Å²) in [6.45, 7) is 78.2. The Morgan fingerprint density at radius 2 is 0.519 bits per heavy atom. The maximum absolute atomic E-state index is 4.40. The highest BCUT2D eigenvalue weighted by Crippen LogP contribution is 2.30. The molecule has 0 radical (unpaired) electrons. The van der Waals surface area contributed by atoms with Crippen molar-refractivity contribution in [3.05, 3.63) is 222 Å². The maximum Gasteiger partial charge on any atom is 0.130 e. The van der Waals surface area contributed by atoms with Crippen LogP contribution in [0.5, 0.6) is 0 Å². The third-order valence-electron chi connectivity index (χ3n) is 17.3. The van der Waals surface area contributed by atoms with E-state index in [-0.39, 0.29) is 7.43 Å². The Bertz CT molecular complexity index is 2840. The summed E-state index contributed by atoms with van der Waals surface area (Å²) in [6.07, 6.45) is 17.7. The van der Waals surface area contributed by atoms with Gasteiger partial charge in [0.15, 0.2) is 0 Å². The molecule has 0 amide bonds. The van der Waals surface area contributed by atoms with Gasteiger partial charge in [-0.2, -0.15) is 15.3 Å². The van der Waals surface area contributed by atoms with Crippen molar-refractivity contribution in [1.82, 2.24) is 54.9 Å². The first-order valence-corrected chi connectivity index (χ1v) is 41.2. The molecule has 0 saturated carbocycles. The second kappa shape index (κ2) is 51.6. The fourth-order valence-corrected chi connectivity index (χ4v) is 11.0. The molecule has 106 heavy (non-hydrogen) atoms. The third-order valence-corrected chi connectivity index (χ3v) is 20.5. The molecule has 0 N–H and O–H groups in total. The van der Waals surface area contributed by atoms with E-state index in [0.29, 0.717) is 107 Å². The average molecular weight is 1490 g/mol. The third kappa shape index (κ3) is 38.9. The van der Waals surface area contributed by atoms with Crippen molar-refractivity contribution < 1.29 is 0 Å². The van der Waals surface area contributed by atoms with Crippen molar-refractivity contribution in [2.75, 3.05) is 0 Å². The number of thiophene rings is 1. The van der Waals surface area contributed by atoms with Gasteiger partial charge in [-0.05, 0) is 172 Å². The first kappa shape index (κ1) is 99.3. The van der Waals surface area contributed by atoms with Crippen LogP contribution in [0.4, 0.5) is 0 Å². The number of aromatic nitrogens is 11. The molecule has 11 nitrogen and oxygen atoms in total. The Labute approximate surface area is 658 Å². The molecule has 0 aliphatic carbocycles. The van der Waals surface area contributed by atoms with Gasteiger partial charge in [0.2, 0.25) is 0 Å². The van der Waals surface area contributed by atoms with E-state index >= 15 is 0 Å². The maximum atomic E-state index is 4.40. The van der Waals surface area contributed by atoms with E-state index in [9.17, 15) is 0 Å². The Balaban J connectivity index is 0.00000117. The van der Waals surface area contributed by atoms with E-state index in [4.69, 9.17) is 0 Å². The molecule has 1 aromatic carbocycles. The number of pyridine rings is 2. The fourth-order valence-electron chi connectivity index (χ4n) is 9.08. The highest BCUT2D eigenvalue weighted by atomic mass is 32.1. The van der Waals surface area contributed by atoms with E-state index in [0.717, 1.165) is 23.0 Å². The standard InChI is InChI=1S/C12H18.2C11H17N.3C10H16N2.C10H16S.C9H16N2.C9H15NS.CH4/c1-9(2)11-5-7-12(8-6-11)10(3)4;2*1-8(2)10-5-6-11(9(3)4)12-7-10;2*1-7(2)9-5-11-10(8(3)4)12-6-9;1-7(2)9-5-6-10(8(3)4)12-11-9;1-7(2)9-5-6-10(11-9)8(3)4;1-7(2)9-5-10-11(6-9)8(3)4;1-6(2)8-5-10-9(11-8)7(3)4;/h5-10H,1-4H3;2*5-9H,1-4H3;3*5-8H,1-4H3;2*5-8H,1-4H3;5-7H,1-4H3;1H4. The molecule has 8 aromatic heterocycles. The van der Waals surface area contributed by atoms with Gasteiger partial charge in [0.1, 0.15) is 11.6 Å². The molecule has 590 valence electrons. The topological polar surface area (TPSA) is 134 Å². The molecular formula is C93H151N11S2. The van der Waals surface area contributed by atoms with Crippen LogP contribution in [0.2, 0.25) is 0 Å². The lowest BCUT2D eigenvalue weighted by molar-refractivity contribution is 0.531. The molecule has 0 bridgehead atoms. The van der Waals surface area contributed by atoms with E-state index in [2.05, 4.69) is 378 Å². The molecule has 9 rings (SSSR count). The normalized spacial score (nSPS) is 11.2. The van der Waals surface area contributed by atoms with Gasteiger partial charge in [0.25, 0.3) is 0 Å². The minimum Gasteiger partial charge on any atom is -0.270 e. The van der Waals surface area contributed by atoms with Gasteiger partial charge in [0, 0.05) is 99.4 Å². The molecule has 8 heterocycles. The van der Waals surface area contributed by atoms with Gasteiger partial charge >= 0.3 is 0 Å². The van der Waals surface area contributed by atoms with E-state index in [1.807, 2.05) is 76.9 Å². The van der Waals surface area contributed by atoms with Crippen LogP contribution in [-0.4, -0.2) is 54.9 Å². The Morgan fingerprint density at radius 1 is 0.226 bits per heavy atom. The summed E-state index contributed by atoms with van der Waals surface area (Å²) in [7, 11) is 0.